The van der Waals surface area contributed by atoms with Crippen LogP contribution in [0.25, 0.3) is 0 Å². The highest BCUT2D eigenvalue weighted by Gasteiger charge is 2.36. The number of halogens is 2. The van der Waals surface area contributed by atoms with Crippen molar-refractivity contribution in [3.63, 3.8) is 0 Å². The van der Waals surface area contributed by atoms with Gasteiger partial charge in [-0.3, -0.25) is 0 Å². The molecule has 1 aromatic heterocycles. The molecular weight excluding hydrogens is 402 g/mol. The molecule has 0 bridgehead atoms. The molecule has 0 saturated heterocycles. The number of nitrogens with zero attached hydrogens (tertiary/aromatic N) is 2. The zero-order chi connectivity index (χ0) is 16.3. The van der Waals surface area contributed by atoms with Gasteiger partial charge in [0.05, 0.1) is 15.7 Å². The molecule has 0 saturated carbocycles. The van der Waals surface area contributed by atoms with Gasteiger partial charge in [-0.05, 0) is 40.7 Å². The van der Waals surface area contributed by atoms with Gasteiger partial charge in [0.15, 0.2) is 14.1 Å². The zero-order valence-electron chi connectivity index (χ0n) is 13.0. The van der Waals surface area contributed by atoms with Crippen molar-refractivity contribution in [2.24, 2.45) is 0 Å². The molecule has 0 aliphatic heterocycles. The fourth-order valence-corrected chi connectivity index (χ4v) is 2.80. The van der Waals surface area contributed by atoms with E-state index in [-0.39, 0.29) is 26.7 Å². The first-order chi connectivity index (χ1) is 9.60. The molecule has 1 rings (SSSR count). The molecule has 0 aliphatic carbocycles. The Labute approximate surface area is 139 Å². The van der Waals surface area contributed by atoms with Crippen LogP contribution in [0.2, 0.25) is 18.1 Å². The molecule has 0 radical (unpaired) electrons. The van der Waals surface area contributed by atoms with Crippen molar-refractivity contribution in [2.45, 2.75) is 38.9 Å². The van der Waals surface area contributed by atoms with Crippen LogP contribution in [0.4, 0.5) is 4.39 Å². The summed E-state index contributed by atoms with van der Waals surface area (Å²) in [4.78, 5) is 3.82. The Bertz CT molecular complexity index is 553. The highest BCUT2D eigenvalue weighted by atomic mass is 127. The van der Waals surface area contributed by atoms with E-state index in [1.165, 1.54) is 6.20 Å². The number of rotatable bonds is 5. The Morgan fingerprint density at radius 2 is 2.00 bits per heavy atom. The first-order valence-electron chi connectivity index (χ1n) is 6.61. The summed E-state index contributed by atoms with van der Waals surface area (Å²) in [6.45, 7) is 11.4. The minimum absolute atomic E-state index is 0.0859. The van der Waals surface area contributed by atoms with Gasteiger partial charge in [-0.1, -0.05) is 20.8 Å². The Morgan fingerprint density at radius 3 is 2.52 bits per heavy atom. The second kappa shape index (κ2) is 7.02. The van der Waals surface area contributed by atoms with Crippen LogP contribution < -0.4 is 4.74 Å². The normalized spacial score (nSPS) is 12.1. The van der Waals surface area contributed by atoms with E-state index in [0.29, 0.717) is 6.61 Å². The van der Waals surface area contributed by atoms with Crippen molar-refractivity contribution in [3.05, 3.63) is 21.1 Å². The van der Waals surface area contributed by atoms with Crippen LogP contribution >= 0.6 is 22.6 Å². The molecule has 0 unspecified atom stereocenters. The molecule has 1 heterocycles. The van der Waals surface area contributed by atoms with Gasteiger partial charge in [0.25, 0.3) is 5.88 Å². The van der Waals surface area contributed by atoms with Gasteiger partial charge in [0.1, 0.15) is 12.7 Å². The van der Waals surface area contributed by atoms with Crippen LogP contribution in [-0.2, 0) is 4.43 Å². The third-order valence-electron chi connectivity index (χ3n) is 3.64. The smallest absolute Gasteiger partial charge is 0.251 e. The van der Waals surface area contributed by atoms with Crippen molar-refractivity contribution in [1.29, 1.82) is 5.26 Å². The predicted octanol–water partition coefficient (Wildman–Crippen LogP) is 4.10. The van der Waals surface area contributed by atoms with Crippen LogP contribution in [0.3, 0.4) is 0 Å². The highest BCUT2D eigenvalue weighted by Crippen LogP contribution is 2.36. The van der Waals surface area contributed by atoms with E-state index in [9.17, 15) is 4.39 Å². The summed E-state index contributed by atoms with van der Waals surface area (Å²) in [5.74, 6) is -0.681. The second-order valence-electron chi connectivity index (χ2n) is 6.17. The van der Waals surface area contributed by atoms with Crippen LogP contribution in [0.15, 0.2) is 6.20 Å². The van der Waals surface area contributed by atoms with Crippen LogP contribution in [0, 0.1) is 20.7 Å². The average molecular weight is 422 g/mol. The van der Waals surface area contributed by atoms with E-state index in [0.717, 1.165) is 0 Å². The highest BCUT2D eigenvalue weighted by molar-refractivity contribution is 14.1. The molecule has 7 heteroatoms. The second-order valence-corrected chi connectivity index (χ2v) is 12.1. The molecule has 0 aromatic carbocycles. The number of hydrogen-bond acceptors (Lipinski definition) is 4. The standard InChI is InChI=1S/C14H20FIN2O2Si/c1-14(2,3)21(4,5)20-7-6-19-13-11(15)12(16)10(8-17)9-18-13/h9H,6-7H2,1-5H3. The first kappa shape index (κ1) is 18.3. The van der Waals surface area contributed by atoms with E-state index < -0.39 is 14.1 Å². The lowest BCUT2D eigenvalue weighted by atomic mass is 10.2. The number of hydrogen-bond donors (Lipinski definition) is 0. The summed E-state index contributed by atoms with van der Waals surface area (Å²) in [5.41, 5.74) is 0.206. The Morgan fingerprint density at radius 1 is 1.38 bits per heavy atom. The van der Waals surface area contributed by atoms with Gasteiger partial charge in [0, 0.05) is 6.20 Å². The molecule has 1 aromatic rings. The third kappa shape index (κ3) is 4.62. The van der Waals surface area contributed by atoms with E-state index in [1.807, 2.05) is 6.07 Å². The summed E-state index contributed by atoms with van der Waals surface area (Å²) in [7, 11) is -1.82. The molecule has 0 N–H and O–H groups in total. The van der Waals surface area contributed by atoms with Gasteiger partial charge in [0.2, 0.25) is 0 Å². The molecule has 0 aliphatic rings. The van der Waals surface area contributed by atoms with E-state index in [2.05, 4.69) is 38.8 Å². The largest absolute Gasteiger partial charge is 0.473 e. The van der Waals surface area contributed by atoms with Crippen molar-refractivity contribution < 1.29 is 13.6 Å². The molecule has 0 spiro atoms. The predicted molar refractivity (Wildman–Crippen MR) is 90.3 cm³/mol. The molecule has 0 fully saturated rings. The summed E-state index contributed by atoms with van der Waals surface area (Å²) < 4.78 is 25.4. The lowest BCUT2D eigenvalue weighted by Crippen LogP contribution is -2.41. The maximum atomic E-state index is 13.9. The lowest BCUT2D eigenvalue weighted by molar-refractivity contribution is 0.193. The third-order valence-corrected chi connectivity index (χ3v) is 9.23. The van der Waals surface area contributed by atoms with Gasteiger partial charge in [-0.2, -0.15) is 9.65 Å². The fourth-order valence-electron chi connectivity index (χ4n) is 1.28. The maximum Gasteiger partial charge on any atom is 0.251 e. The molecule has 4 nitrogen and oxygen atoms in total. The fraction of sp³-hybridized carbons (Fsp3) is 0.571. The first-order valence-corrected chi connectivity index (χ1v) is 10.6. The zero-order valence-corrected chi connectivity index (χ0v) is 16.1. The van der Waals surface area contributed by atoms with Crippen LogP contribution in [-0.4, -0.2) is 26.5 Å². The van der Waals surface area contributed by atoms with Gasteiger partial charge < -0.3 is 9.16 Å². The Hall–Kier alpha value is -0.723. The summed E-state index contributed by atoms with van der Waals surface area (Å²) in [6, 6.07) is 1.88. The molecule has 116 valence electrons. The SMILES string of the molecule is CC(C)(C)[Si](C)(C)OCCOc1ncc(C#N)c(I)c1F. The summed E-state index contributed by atoms with van der Waals surface area (Å²) in [5, 5.41) is 8.92. The van der Waals surface area contributed by atoms with E-state index >= 15 is 0 Å². The number of pyridine rings is 1. The topological polar surface area (TPSA) is 55.1 Å². The lowest BCUT2D eigenvalue weighted by Gasteiger charge is -2.36. The van der Waals surface area contributed by atoms with Crippen molar-refractivity contribution in [1.82, 2.24) is 4.98 Å². The molecule has 21 heavy (non-hydrogen) atoms. The number of ether oxygens (including phenoxy) is 1. The van der Waals surface area contributed by atoms with Gasteiger partial charge >= 0.3 is 0 Å². The average Bonchev–Trinajstić information content (AvgIpc) is 2.38. The number of aromatic nitrogens is 1. The van der Waals surface area contributed by atoms with Crippen molar-refractivity contribution in [2.75, 3.05) is 13.2 Å². The summed E-state index contributed by atoms with van der Waals surface area (Å²) >= 11 is 1.77. The Balaban J connectivity index is 2.59. The minimum atomic E-state index is -1.82. The van der Waals surface area contributed by atoms with Gasteiger partial charge in [-0.25, -0.2) is 4.98 Å². The van der Waals surface area contributed by atoms with Gasteiger partial charge in [-0.15, -0.1) is 0 Å². The van der Waals surface area contributed by atoms with Crippen LogP contribution in [0.1, 0.15) is 26.3 Å². The molecular formula is C14H20FIN2O2Si. The van der Waals surface area contributed by atoms with Crippen molar-refractivity contribution in [3.8, 4) is 11.9 Å². The molecule has 0 atom stereocenters. The molecule has 0 amide bonds. The summed E-state index contributed by atoms with van der Waals surface area (Å²) in [6.07, 6.45) is 1.31. The van der Waals surface area contributed by atoms with Crippen LogP contribution in [0.5, 0.6) is 5.88 Å². The number of nitriles is 1. The van der Waals surface area contributed by atoms with E-state index in [1.54, 1.807) is 22.6 Å². The monoisotopic (exact) mass is 422 g/mol. The maximum absolute atomic E-state index is 13.9. The van der Waals surface area contributed by atoms with E-state index in [4.69, 9.17) is 14.4 Å². The quantitative estimate of drug-likeness (QED) is 0.408. The Kier molecular flexibility index (Phi) is 6.13. The van der Waals surface area contributed by atoms with Crippen molar-refractivity contribution >= 4 is 30.9 Å². The minimum Gasteiger partial charge on any atom is -0.473 e.